The molecule has 0 saturated carbocycles. The SMILES string of the molecule is COc1ccc(C(C)CC(=O)NC(CN)c2ccc3ccccc3c2)cc1. The van der Waals surface area contributed by atoms with E-state index in [2.05, 4.69) is 36.5 Å². The maximum Gasteiger partial charge on any atom is 0.221 e. The molecule has 0 fully saturated rings. The fourth-order valence-electron chi connectivity index (χ4n) is 3.28. The molecule has 0 heterocycles. The van der Waals surface area contributed by atoms with Crippen LogP contribution in [-0.4, -0.2) is 19.6 Å². The average molecular weight is 362 g/mol. The van der Waals surface area contributed by atoms with Crippen molar-refractivity contribution >= 4 is 16.7 Å². The molecule has 0 bridgehead atoms. The predicted molar refractivity (Wildman–Crippen MR) is 110 cm³/mol. The first-order valence-electron chi connectivity index (χ1n) is 9.22. The number of nitrogens with one attached hydrogen (secondary N) is 1. The zero-order chi connectivity index (χ0) is 19.2. The molecule has 2 unspecified atom stereocenters. The number of amides is 1. The number of ether oxygens (including phenoxy) is 1. The van der Waals surface area contributed by atoms with E-state index in [1.165, 1.54) is 5.39 Å². The van der Waals surface area contributed by atoms with Crippen LogP contribution in [0.25, 0.3) is 10.8 Å². The molecule has 0 aliphatic heterocycles. The molecule has 0 radical (unpaired) electrons. The molecule has 2 atom stereocenters. The van der Waals surface area contributed by atoms with Gasteiger partial charge in [-0.05, 0) is 46.0 Å². The van der Waals surface area contributed by atoms with E-state index in [0.717, 1.165) is 22.3 Å². The summed E-state index contributed by atoms with van der Waals surface area (Å²) in [5.74, 6) is 0.933. The maximum absolute atomic E-state index is 12.6. The fourth-order valence-corrected chi connectivity index (χ4v) is 3.28. The maximum atomic E-state index is 12.6. The Bertz CT molecular complexity index is 906. The molecule has 4 heteroatoms. The van der Waals surface area contributed by atoms with Crippen LogP contribution in [0.3, 0.4) is 0 Å². The number of fused-ring (bicyclic) bond motifs is 1. The van der Waals surface area contributed by atoms with Gasteiger partial charge in [-0.25, -0.2) is 0 Å². The third-order valence-corrected chi connectivity index (χ3v) is 4.92. The monoisotopic (exact) mass is 362 g/mol. The molecule has 4 nitrogen and oxygen atoms in total. The largest absolute Gasteiger partial charge is 0.497 e. The van der Waals surface area contributed by atoms with Gasteiger partial charge in [0.1, 0.15) is 5.75 Å². The number of methoxy groups -OCH3 is 1. The lowest BCUT2D eigenvalue weighted by Gasteiger charge is -2.20. The highest BCUT2D eigenvalue weighted by molar-refractivity contribution is 5.83. The first kappa shape index (κ1) is 18.9. The lowest BCUT2D eigenvalue weighted by Crippen LogP contribution is -2.33. The van der Waals surface area contributed by atoms with Gasteiger partial charge in [0.2, 0.25) is 5.91 Å². The minimum Gasteiger partial charge on any atom is -0.497 e. The highest BCUT2D eigenvalue weighted by Gasteiger charge is 2.16. The number of rotatable bonds is 7. The highest BCUT2D eigenvalue weighted by Crippen LogP contribution is 2.23. The van der Waals surface area contributed by atoms with Crippen molar-refractivity contribution in [2.45, 2.75) is 25.3 Å². The molecule has 0 spiro atoms. The van der Waals surface area contributed by atoms with Crippen LogP contribution in [0.15, 0.2) is 66.7 Å². The van der Waals surface area contributed by atoms with Crippen molar-refractivity contribution in [3.8, 4) is 5.75 Å². The first-order valence-corrected chi connectivity index (χ1v) is 9.22. The Balaban J connectivity index is 1.66. The molecule has 27 heavy (non-hydrogen) atoms. The van der Waals surface area contributed by atoms with Crippen LogP contribution in [0.2, 0.25) is 0 Å². The number of hydrogen-bond acceptors (Lipinski definition) is 3. The number of carbonyl (C=O) groups is 1. The number of benzene rings is 3. The molecule has 0 aromatic heterocycles. The first-order chi connectivity index (χ1) is 13.1. The van der Waals surface area contributed by atoms with Gasteiger partial charge in [0.15, 0.2) is 0 Å². The highest BCUT2D eigenvalue weighted by atomic mass is 16.5. The summed E-state index contributed by atoms with van der Waals surface area (Å²) in [4.78, 5) is 12.6. The minimum atomic E-state index is -0.190. The average Bonchev–Trinajstić information content (AvgIpc) is 2.71. The summed E-state index contributed by atoms with van der Waals surface area (Å²) >= 11 is 0. The molecule has 1 amide bonds. The standard InChI is InChI=1S/C23H26N2O2/c1-16(17-9-11-21(27-2)12-10-17)13-23(26)25-22(15-24)20-8-7-18-5-3-4-6-19(18)14-20/h3-12,14,16,22H,13,15,24H2,1-2H3,(H,25,26). The molecule has 3 rings (SSSR count). The van der Waals surface area contributed by atoms with Crippen LogP contribution in [0.5, 0.6) is 5.75 Å². The summed E-state index contributed by atoms with van der Waals surface area (Å²) in [6.45, 7) is 2.41. The molecule has 3 N–H and O–H groups in total. The van der Waals surface area contributed by atoms with E-state index in [0.29, 0.717) is 13.0 Å². The van der Waals surface area contributed by atoms with Crippen LogP contribution in [0.1, 0.15) is 36.4 Å². The Morgan fingerprint density at radius 3 is 2.33 bits per heavy atom. The molecule has 0 aliphatic carbocycles. The second kappa shape index (κ2) is 8.69. The molecule has 140 valence electrons. The number of nitrogens with two attached hydrogens (primary N) is 1. The van der Waals surface area contributed by atoms with Gasteiger partial charge in [-0.15, -0.1) is 0 Å². The third kappa shape index (κ3) is 4.66. The van der Waals surface area contributed by atoms with Crippen LogP contribution < -0.4 is 15.8 Å². The Labute approximate surface area is 160 Å². The molecular formula is C23H26N2O2. The quantitative estimate of drug-likeness (QED) is 0.663. The smallest absolute Gasteiger partial charge is 0.221 e. The van der Waals surface area contributed by atoms with Gasteiger partial charge in [0, 0.05) is 13.0 Å². The summed E-state index contributed by atoms with van der Waals surface area (Å²) in [6.07, 6.45) is 0.413. The van der Waals surface area contributed by atoms with Crippen molar-refractivity contribution in [2.24, 2.45) is 5.73 Å². The van der Waals surface area contributed by atoms with E-state index in [4.69, 9.17) is 10.5 Å². The summed E-state index contributed by atoms with van der Waals surface area (Å²) in [6, 6.07) is 22.0. The summed E-state index contributed by atoms with van der Waals surface area (Å²) < 4.78 is 5.18. The lowest BCUT2D eigenvalue weighted by atomic mass is 9.96. The van der Waals surface area contributed by atoms with Gasteiger partial charge in [-0.2, -0.15) is 0 Å². The van der Waals surface area contributed by atoms with Gasteiger partial charge < -0.3 is 15.8 Å². The Kier molecular flexibility index (Phi) is 6.09. The third-order valence-electron chi connectivity index (χ3n) is 4.92. The predicted octanol–water partition coefficient (Wildman–Crippen LogP) is 4.16. The van der Waals surface area contributed by atoms with E-state index in [-0.39, 0.29) is 17.9 Å². The van der Waals surface area contributed by atoms with Gasteiger partial charge in [-0.3, -0.25) is 4.79 Å². The minimum absolute atomic E-state index is 0.00178. The second-order valence-electron chi connectivity index (χ2n) is 6.84. The van der Waals surface area contributed by atoms with E-state index in [1.807, 2.05) is 42.5 Å². The molecule has 0 aliphatic rings. The Hall–Kier alpha value is -2.85. The van der Waals surface area contributed by atoms with Gasteiger partial charge in [-0.1, -0.05) is 55.5 Å². The van der Waals surface area contributed by atoms with Crippen molar-refractivity contribution in [3.05, 3.63) is 77.9 Å². The Morgan fingerprint density at radius 1 is 1.00 bits per heavy atom. The normalized spacial score (nSPS) is 13.1. The van der Waals surface area contributed by atoms with E-state index in [9.17, 15) is 4.79 Å². The topological polar surface area (TPSA) is 64.3 Å². The van der Waals surface area contributed by atoms with E-state index in [1.54, 1.807) is 7.11 Å². The van der Waals surface area contributed by atoms with E-state index >= 15 is 0 Å². The van der Waals surface area contributed by atoms with Crippen molar-refractivity contribution in [2.75, 3.05) is 13.7 Å². The van der Waals surface area contributed by atoms with Crippen LogP contribution >= 0.6 is 0 Å². The second-order valence-corrected chi connectivity index (χ2v) is 6.84. The van der Waals surface area contributed by atoms with Crippen molar-refractivity contribution in [1.29, 1.82) is 0 Å². The molecule has 3 aromatic rings. The van der Waals surface area contributed by atoms with Crippen LogP contribution in [-0.2, 0) is 4.79 Å². The zero-order valence-electron chi connectivity index (χ0n) is 15.8. The van der Waals surface area contributed by atoms with Crippen molar-refractivity contribution < 1.29 is 9.53 Å². The Morgan fingerprint density at radius 2 is 1.67 bits per heavy atom. The van der Waals surface area contributed by atoms with Crippen LogP contribution in [0, 0.1) is 0 Å². The van der Waals surface area contributed by atoms with Crippen molar-refractivity contribution in [1.82, 2.24) is 5.32 Å². The molecule has 0 saturated heterocycles. The van der Waals surface area contributed by atoms with Crippen molar-refractivity contribution in [3.63, 3.8) is 0 Å². The summed E-state index contributed by atoms with van der Waals surface area (Å²) in [5.41, 5.74) is 8.08. The van der Waals surface area contributed by atoms with Gasteiger partial charge in [0.05, 0.1) is 13.2 Å². The van der Waals surface area contributed by atoms with Gasteiger partial charge in [0.25, 0.3) is 0 Å². The van der Waals surface area contributed by atoms with Gasteiger partial charge >= 0.3 is 0 Å². The number of hydrogen-bond donors (Lipinski definition) is 2. The molecular weight excluding hydrogens is 336 g/mol. The zero-order valence-corrected chi connectivity index (χ0v) is 15.8. The summed E-state index contributed by atoms with van der Waals surface area (Å²) in [5, 5.41) is 5.41. The lowest BCUT2D eigenvalue weighted by molar-refractivity contribution is -0.122. The van der Waals surface area contributed by atoms with E-state index < -0.39 is 0 Å². The fraction of sp³-hybridized carbons (Fsp3) is 0.261. The number of carbonyl (C=O) groups excluding carboxylic acids is 1. The van der Waals surface area contributed by atoms with Crippen LogP contribution in [0.4, 0.5) is 0 Å². The summed E-state index contributed by atoms with van der Waals surface area (Å²) in [7, 11) is 1.64. The molecule has 3 aromatic carbocycles.